The van der Waals surface area contributed by atoms with Crippen molar-refractivity contribution in [1.82, 2.24) is 10.2 Å². The number of esters is 1. The summed E-state index contributed by atoms with van der Waals surface area (Å²) in [5.41, 5.74) is -0.406. The molecule has 0 aromatic rings. The molecular formula is C17H30N2O3. The van der Waals surface area contributed by atoms with Gasteiger partial charge in [0, 0.05) is 30.6 Å². The first-order valence-corrected chi connectivity index (χ1v) is 8.44. The zero-order chi connectivity index (χ0) is 16.3. The number of nitrogens with one attached hydrogen (secondary N) is 1. The summed E-state index contributed by atoms with van der Waals surface area (Å²) < 4.78 is 4.94. The van der Waals surface area contributed by atoms with Crippen LogP contribution in [0.2, 0.25) is 0 Å². The summed E-state index contributed by atoms with van der Waals surface area (Å²) in [6.45, 7) is 7.35. The number of ether oxygens (including phenoxy) is 1. The maximum atomic E-state index is 12.3. The minimum atomic E-state index is -0.406. The van der Waals surface area contributed by atoms with Gasteiger partial charge in [0.25, 0.3) is 0 Å². The molecule has 2 atom stereocenters. The fourth-order valence-corrected chi connectivity index (χ4v) is 3.54. The molecule has 2 unspecified atom stereocenters. The molecule has 2 fully saturated rings. The Labute approximate surface area is 133 Å². The van der Waals surface area contributed by atoms with Crippen LogP contribution in [0.25, 0.3) is 0 Å². The number of piperidine rings is 1. The predicted molar refractivity (Wildman–Crippen MR) is 85.3 cm³/mol. The Balaban J connectivity index is 2.04. The van der Waals surface area contributed by atoms with E-state index < -0.39 is 5.41 Å². The average molecular weight is 310 g/mol. The van der Waals surface area contributed by atoms with Crippen LogP contribution < -0.4 is 5.32 Å². The van der Waals surface area contributed by atoms with E-state index in [1.54, 1.807) is 0 Å². The van der Waals surface area contributed by atoms with Crippen molar-refractivity contribution in [1.29, 1.82) is 0 Å². The van der Waals surface area contributed by atoms with Crippen LogP contribution in [0.5, 0.6) is 0 Å². The Bertz CT molecular complexity index is 411. The van der Waals surface area contributed by atoms with Gasteiger partial charge in [-0.25, -0.2) is 0 Å². The molecule has 2 rings (SSSR count). The zero-order valence-corrected chi connectivity index (χ0v) is 14.4. The van der Waals surface area contributed by atoms with E-state index >= 15 is 0 Å². The van der Waals surface area contributed by atoms with Crippen molar-refractivity contribution in [2.75, 3.05) is 20.2 Å². The van der Waals surface area contributed by atoms with Gasteiger partial charge in [-0.3, -0.25) is 14.5 Å². The standard InChI is InChI=1S/C17H30N2O3/c1-17(2,3)16(21)18-13-9-12(15(20)22-4)10-19(11-13)14-7-5-6-8-14/h12-14H,5-11H2,1-4H3,(H,18,21). The number of methoxy groups -OCH3 is 1. The molecule has 1 N–H and O–H groups in total. The van der Waals surface area contributed by atoms with Crippen molar-refractivity contribution < 1.29 is 14.3 Å². The molecule has 0 spiro atoms. The first-order chi connectivity index (χ1) is 10.3. The zero-order valence-electron chi connectivity index (χ0n) is 14.4. The fraction of sp³-hybridized carbons (Fsp3) is 0.882. The first-order valence-electron chi connectivity index (χ1n) is 8.44. The predicted octanol–water partition coefficient (Wildman–Crippen LogP) is 1.95. The van der Waals surface area contributed by atoms with E-state index in [2.05, 4.69) is 10.2 Å². The maximum Gasteiger partial charge on any atom is 0.310 e. The van der Waals surface area contributed by atoms with Crippen molar-refractivity contribution in [2.45, 2.75) is 65.0 Å². The number of carbonyl (C=O) groups is 2. The fourth-order valence-electron chi connectivity index (χ4n) is 3.54. The number of carbonyl (C=O) groups excluding carboxylic acids is 2. The van der Waals surface area contributed by atoms with Crippen molar-refractivity contribution in [2.24, 2.45) is 11.3 Å². The second kappa shape index (κ2) is 6.99. The van der Waals surface area contributed by atoms with Gasteiger partial charge in [0.1, 0.15) is 0 Å². The SMILES string of the molecule is COC(=O)C1CC(NC(=O)C(C)(C)C)CN(C2CCCC2)C1. The highest BCUT2D eigenvalue weighted by Gasteiger charge is 2.37. The van der Waals surface area contributed by atoms with Crippen molar-refractivity contribution >= 4 is 11.9 Å². The molecular weight excluding hydrogens is 280 g/mol. The molecule has 2 aliphatic rings. The summed E-state index contributed by atoms with van der Waals surface area (Å²) in [6, 6.07) is 0.590. The Morgan fingerprint density at radius 1 is 1.14 bits per heavy atom. The lowest BCUT2D eigenvalue weighted by Gasteiger charge is -2.40. The maximum absolute atomic E-state index is 12.3. The molecule has 1 aliphatic carbocycles. The normalized spacial score (nSPS) is 27.6. The molecule has 0 aromatic carbocycles. The van der Waals surface area contributed by atoms with Crippen LogP contribution in [-0.4, -0.2) is 49.1 Å². The molecule has 22 heavy (non-hydrogen) atoms. The lowest BCUT2D eigenvalue weighted by Crippen LogP contribution is -2.56. The molecule has 0 bridgehead atoms. The van der Waals surface area contributed by atoms with E-state index in [9.17, 15) is 9.59 Å². The topological polar surface area (TPSA) is 58.6 Å². The number of rotatable bonds is 3. The van der Waals surface area contributed by atoms with E-state index in [1.165, 1.54) is 32.8 Å². The molecule has 1 aliphatic heterocycles. The van der Waals surface area contributed by atoms with E-state index in [0.29, 0.717) is 12.5 Å². The highest BCUT2D eigenvalue weighted by molar-refractivity contribution is 5.81. The molecule has 126 valence electrons. The molecule has 1 saturated heterocycles. The van der Waals surface area contributed by atoms with E-state index in [0.717, 1.165) is 13.1 Å². The highest BCUT2D eigenvalue weighted by atomic mass is 16.5. The summed E-state index contributed by atoms with van der Waals surface area (Å²) in [5, 5.41) is 3.13. The highest BCUT2D eigenvalue weighted by Crippen LogP contribution is 2.29. The van der Waals surface area contributed by atoms with Crippen LogP contribution >= 0.6 is 0 Å². The molecule has 1 saturated carbocycles. The van der Waals surface area contributed by atoms with Gasteiger partial charge in [0.05, 0.1) is 13.0 Å². The number of nitrogens with zero attached hydrogens (tertiary/aromatic N) is 1. The Morgan fingerprint density at radius 2 is 1.77 bits per heavy atom. The molecule has 1 amide bonds. The first kappa shape index (κ1) is 17.3. The molecule has 0 radical (unpaired) electrons. The summed E-state index contributed by atoms with van der Waals surface area (Å²) in [7, 11) is 1.44. The van der Waals surface area contributed by atoms with Gasteiger partial charge in [-0.1, -0.05) is 33.6 Å². The Hall–Kier alpha value is -1.10. The Kier molecular flexibility index (Phi) is 5.48. The summed E-state index contributed by atoms with van der Waals surface area (Å²) in [6.07, 6.45) is 5.62. The second-order valence-corrected chi connectivity index (χ2v) is 7.77. The van der Waals surface area contributed by atoms with Crippen LogP contribution in [0, 0.1) is 11.3 Å². The number of amides is 1. The van der Waals surface area contributed by atoms with Crippen molar-refractivity contribution in [3.05, 3.63) is 0 Å². The molecule has 0 aromatic heterocycles. The van der Waals surface area contributed by atoms with E-state index in [1.807, 2.05) is 20.8 Å². The molecule has 5 heteroatoms. The quantitative estimate of drug-likeness (QED) is 0.810. The minimum Gasteiger partial charge on any atom is -0.469 e. The van der Waals surface area contributed by atoms with Gasteiger partial charge >= 0.3 is 5.97 Å². The number of likely N-dealkylation sites (tertiary alicyclic amines) is 1. The van der Waals surface area contributed by atoms with Gasteiger partial charge < -0.3 is 10.1 Å². The lowest BCUT2D eigenvalue weighted by molar-refractivity contribution is -0.148. The van der Waals surface area contributed by atoms with Crippen LogP contribution in [0.1, 0.15) is 52.9 Å². The van der Waals surface area contributed by atoms with Gasteiger partial charge in [0.15, 0.2) is 0 Å². The van der Waals surface area contributed by atoms with Gasteiger partial charge in [-0.05, 0) is 19.3 Å². The number of hydrogen-bond acceptors (Lipinski definition) is 4. The number of hydrogen-bond donors (Lipinski definition) is 1. The van der Waals surface area contributed by atoms with Crippen LogP contribution in [-0.2, 0) is 14.3 Å². The van der Waals surface area contributed by atoms with Crippen LogP contribution in [0.15, 0.2) is 0 Å². The van der Waals surface area contributed by atoms with Gasteiger partial charge in [0.2, 0.25) is 5.91 Å². The van der Waals surface area contributed by atoms with Crippen molar-refractivity contribution in [3.63, 3.8) is 0 Å². The van der Waals surface area contributed by atoms with Crippen LogP contribution in [0.3, 0.4) is 0 Å². The average Bonchev–Trinajstić information content (AvgIpc) is 2.99. The van der Waals surface area contributed by atoms with E-state index in [-0.39, 0.29) is 23.8 Å². The largest absolute Gasteiger partial charge is 0.469 e. The summed E-state index contributed by atoms with van der Waals surface area (Å²) >= 11 is 0. The lowest BCUT2D eigenvalue weighted by atomic mass is 9.90. The van der Waals surface area contributed by atoms with Gasteiger partial charge in [-0.2, -0.15) is 0 Å². The van der Waals surface area contributed by atoms with Crippen LogP contribution in [0.4, 0.5) is 0 Å². The third kappa shape index (κ3) is 4.22. The third-order valence-electron chi connectivity index (χ3n) is 4.87. The smallest absolute Gasteiger partial charge is 0.310 e. The Morgan fingerprint density at radius 3 is 2.32 bits per heavy atom. The second-order valence-electron chi connectivity index (χ2n) is 7.77. The summed E-state index contributed by atoms with van der Waals surface area (Å²) in [4.78, 5) is 26.6. The van der Waals surface area contributed by atoms with Crippen molar-refractivity contribution in [3.8, 4) is 0 Å². The molecule has 5 nitrogen and oxygen atoms in total. The minimum absolute atomic E-state index is 0.0326. The summed E-state index contributed by atoms with van der Waals surface area (Å²) in [5.74, 6) is -0.239. The molecule has 1 heterocycles. The third-order valence-corrected chi connectivity index (χ3v) is 4.87. The monoisotopic (exact) mass is 310 g/mol. The van der Waals surface area contributed by atoms with Gasteiger partial charge in [-0.15, -0.1) is 0 Å². The van der Waals surface area contributed by atoms with E-state index in [4.69, 9.17) is 4.74 Å².